The van der Waals surface area contributed by atoms with Crippen molar-refractivity contribution >= 4 is 11.7 Å². The highest BCUT2D eigenvalue weighted by Gasteiger charge is 2.03. The first-order chi connectivity index (χ1) is 11.6. The average Bonchev–Trinajstić information content (AvgIpc) is 2.56. The molecule has 0 spiro atoms. The molecular formula is C19H25N3O2. The van der Waals surface area contributed by atoms with Gasteiger partial charge in [-0.3, -0.25) is 0 Å². The molecule has 2 rings (SSSR count). The topological polar surface area (TPSA) is 53.6 Å². The Morgan fingerprint density at radius 1 is 1.00 bits per heavy atom. The molecule has 0 heterocycles. The lowest BCUT2D eigenvalue weighted by atomic mass is 10.1. The van der Waals surface area contributed by atoms with Gasteiger partial charge in [0.1, 0.15) is 5.75 Å². The fourth-order valence-corrected chi connectivity index (χ4v) is 2.29. The van der Waals surface area contributed by atoms with Crippen LogP contribution in [0.25, 0.3) is 0 Å². The Morgan fingerprint density at radius 2 is 1.62 bits per heavy atom. The zero-order valence-corrected chi connectivity index (χ0v) is 14.5. The van der Waals surface area contributed by atoms with Crippen molar-refractivity contribution in [2.24, 2.45) is 0 Å². The summed E-state index contributed by atoms with van der Waals surface area (Å²) < 4.78 is 5.37. The molecule has 0 fully saturated rings. The predicted octanol–water partition coefficient (Wildman–Crippen LogP) is 3.47. The van der Waals surface area contributed by atoms with Crippen LogP contribution in [0.2, 0.25) is 0 Å². The van der Waals surface area contributed by atoms with E-state index in [4.69, 9.17) is 4.74 Å². The van der Waals surface area contributed by atoms with E-state index in [2.05, 4.69) is 27.7 Å². The number of carbonyl (C=O) groups excluding carboxylic acids is 1. The fourth-order valence-electron chi connectivity index (χ4n) is 2.29. The van der Waals surface area contributed by atoms with Crippen LogP contribution in [0.1, 0.15) is 18.1 Å². The maximum atomic E-state index is 11.9. The van der Waals surface area contributed by atoms with Gasteiger partial charge in [0.25, 0.3) is 0 Å². The van der Waals surface area contributed by atoms with E-state index in [-0.39, 0.29) is 6.03 Å². The summed E-state index contributed by atoms with van der Waals surface area (Å²) in [5.74, 6) is 0.793. The third-order valence-electron chi connectivity index (χ3n) is 3.40. The van der Waals surface area contributed by atoms with Crippen molar-refractivity contribution in [3.63, 3.8) is 0 Å². The molecule has 0 aliphatic carbocycles. The SMILES string of the molecule is CCOc1ccc(NC(=O)NCc2ccc(CN(C)C)cc2)cc1. The lowest BCUT2D eigenvalue weighted by Crippen LogP contribution is -2.28. The monoisotopic (exact) mass is 327 g/mol. The minimum atomic E-state index is -0.225. The first kappa shape index (κ1) is 17.8. The summed E-state index contributed by atoms with van der Waals surface area (Å²) in [6.45, 7) is 3.96. The van der Waals surface area contributed by atoms with E-state index in [0.29, 0.717) is 13.2 Å². The van der Waals surface area contributed by atoms with E-state index >= 15 is 0 Å². The highest BCUT2D eigenvalue weighted by molar-refractivity contribution is 5.89. The van der Waals surface area contributed by atoms with Gasteiger partial charge in [0.15, 0.2) is 0 Å². The van der Waals surface area contributed by atoms with Crippen LogP contribution in [0.5, 0.6) is 5.75 Å². The first-order valence-electron chi connectivity index (χ1n) is 8.07. The van der Waals surface area contributed by atoms with Gasteiger partial charge in [-0.25, -0.2) is 4.79 Å². The number of rotatable bonds is 7. The van der Waals surface area contributed by atoms with Gasteiger partial charge in [0.2, 0.25) is 0 Å². The van der Waals surface area contributed by atoms with Crippen molar-refractivity contribution in [2.45, 2.75) is 20.0 Å². The molecule has 0 unspecified atom stereocenters. The van der Waals surface area contributed by atoms with Crippen molar-refractivity contribution < 1.29 is 9.53 Å². The maximum Gasteiger partial charge on any atom is 0.319 e. The van der Waals surface area contributed by atoms with Crippen molar-refractivity contribution in [3.05, 3.63) is 59.7 Å². The van der Waals surface area contributed by atoms with Gasteiger partial charge in [0, 0.05) is 18.8 Å². The van der Waals surface area contributed by atoms with Crippen molar-refractivity contribution in [1.29, 1.82) is 0 Å². The quantitative estimate of drug-likeness (QED) is 0.819. The van der Waals surface area contributed by atoms with Crippen LogP contribution in [-0.2, 0) is 13.1 Å². The standard InChI is InChI=1S/C19H25N3O2/c1-4-24-18-11-9-17(10-12-18)21-19(23)20-13-15-5-7-16(8-6-15)14-22(2)3/h5-12H,4,13-14H2,1-3H3,(H2,20,21,23). The van der Waals surface area contributed by atoms with Gasteiger partial charge >= 0.3 is 6.03 Å². The van der Waals surface area contributed by atoms with Gasteiger partial charge < -0.3 is 20.3 Å². The summed E-state index contributed by atoms with van der Waals surface area (Å²) in [5, 5.41) is 5.66. The molecule has 0 atom stereocenters. The number of amides is 2. The third kappa shape index (κ3) is 5.93. The maximum absolute atomic E-state index is 11.9. The molecule has 5 nitrogen and oxygen atoms in total. The zero-order chi connectivity index (χ0) is 17.4. The normalized spacial score (nSPS) is 10.5. The van der Waals surface area contributed by atoms with Crippen LogP contribution in [0.3, 0.4) is 0 Å². The fraction of sp³-hybridized carbons (Fsp3) is 0.316. The minimum absolute atomic E-state index is 0.225. The lowest BCUT2D eigenvalue weighted by molar-refractivity contribution is 0.251. The predicted molar refractivity (Wildman–Crippen MR) is 97.3 cm³/mol. The largest absolute Gasteiger partial charge is 0.494 e. The summed E-state index contributed by atoms with van der Waals surface area (Å²) in [6, 6.07) is 15.3. The van der Waals surface area contributed by atoms with Crippen LogP contribution in [0.4, 0.5) is 10.5 Å². The second-order valence-corrected chi connectivity index (χ2v) is 5.82. The van der Waals surface area contributed by atoms with E-state index in [1.165, 1.54) is 5.56 Å². The molecule has 2 N–H and O–H groups in total. The number of hydrogen-bond acceptors (Lipinski definition) is 3. The molecule has 0 aromatic heterocycles. The van der Waals surface area contributed by atoms with E-state index in [0.717, 1.165) is 23.5 Å². The van der Waals surface area contributed by atoms with Crippen molar-refractivity contribution in [3.8, 4) is 5.75 Å². The molecule has 128 valence electrons. The molecule has 0 bridgehead atoms. The molecule has 0 saturated carbocycles. The third-order valence-corrected chi connectivity index (χ3v) is 3.40. The molecule has 0 aliphatic rings. The number of anilines is 1. The molecule has 5 heteroatoms. The number of nitrogens with one attached hydrogen (secondary N) is 2. The first-order valence-corrected chi connectivity index (χ1v) is 8.07. The van der Waals surface area contributed by atoms with Crippen molar-refractivity contribution in [1.82, 2.24) is 10.2 Å². The molecular weight excluding hydrogens is 302 g/mol. The average molecular weight is 327 g/mol. The van der Waals surface area contributed by atoms with Gasteiger partial charge in [-0.05, 0) is 56.4 Å². The minimum Gasteiger partial charge on any atom is -0.494 e. The van der Waals surface area contributed by atoms with Crippen LogP contribution >= 0.6 is 0 Å². The zero-order valence-electron chi connectivity index (χ0n) is 14.5. The summed E-state index contributed by atoms with van der Waals surface area (Å²) in [6.07, 6.45) is 0. The Balaban J connectivity index is 1.80. The second kappa shape index (κ2) is 8.93. The van der Waals surface area contributed by atoms with Gasteiger partial charge in [0.05, 0.1) is 6.61 Å². The summed E-state index contributed by atoms with van der Waals surface area (Å²) in [7, 11) is 4.08. The Kier molecular flexibility index (Phi) is 6.63. The smallest absolute Gasteiger partial charge is 0.319 e. The Bertz CT molecular complexity index is 637. The molecule has 24 heavy (non-hydrogen) atoms. The van der Waals surface area contributed by atoms with Crippen LogP contribution in [-0.4, -0.2) is 31.6 Å². The number of benzene rings is 2. The summed E-state index contributed by atoms with van der Waals surface area (Å²) in [4.78, 5) is 14.1. The molecule has 2 aromatic rings. The van der Waals surface area contributed by atoms with E-state index in [1.54, 1.807) is 0 Å². The number of ether oxygens (including phenoxy) is 1. The summed E-state index contributed by atoms with van der Waals surface area (Å²) >= 11 is 0. The van der Waals surface area contributed by atoms with Gasteiger partial charge in [-0.2, -0.15) is 0 Å². The van der Waals surface area contributed by atoms with E-state index in [1.807, 2.05) is 57.4 Å². The summed E-state index contributed by atoms with van der Waals surface area (Å²) in [5.41, 5.74) is 3.05. The number of urea groups is 1. The van der Waals surface area contributed by atoms with Crippen molar-refractivity contribution in [2.75, 3.05) is 26.0 Å². The molecule has 0 aliphatic heterocycles. The Labute approximate surface area is 143 Å². The van der Waals surface area contributed by atoms with Gasteiger partial charge in [-0.1, -0.05) is 24.3 Å². The van der Waals surface area contributed by atoms with E-state index < -0.39 is 0 Å². The Hall–Kier alpha value is -2.53. The van der Waals surface area contributed by atoms with Crippen LogP contribution in [0.15, 0.2) is 48.5 Å². The second-order valence-electron chi connectivity index (χ2n) is 5.82. The number of hydrogen-bond donors (Lipinski definition) is 2. The number of carbonyl (C=O) groups is 1. The van der Waals surface area contributed by atoms with E-state index in [9.17, 15) is 4.79 Å². The lowest BCUT2D eigenvalue weighted by Gasteiger charge is -2.11. The molecule has 0 radical (unpaired) electrons. The van der Waals surface area contributed by atoms with Crippen LogP contribution < -0.4 is 15.4 Å². The number of nitrogens with zero attached hydrogens (tertiary/aromatic N) is 1. The molecule has 0 saturated heterocycles. The molecule has 2 aromatic carbocycles. The molecule has 2 amide bonds. The Morgan fingerprint density at radius 3 is 2.21 bits per heavy atom. The highest BCUT2D eigenvalue weighted by atomic mass is 16.5. The highest BCUT2D eigenvalue weighted by Crippen LogP contribution is 2.15. The van der Waals surface area contributed by atoms with Crippen LogP contribution in [0, 0.1) is 0 Å². The van der Waals surface area contributed by atoms with Gasteiger partial charge in [-0.15, -0.1) is 0 Å².